The van der Waals surface area contributed by atoms with Crippen LogP contribution in [0.3, 0.4) is 0 Å². The smallest absolute Gasteiger partial charge is 0.105 e. The second-order valence-corrected chi connectivity index (χ2v) is 4.03. The van der Waals surface area contributed by atoms with E-state index in [4.69, 9.17) is 0 Å². The summed E-state index contributed by atoms with van der Waals surface area (Å²) in [5.41, 5.74) is 1.86. The normalized spacial score (nSPS) is 12.7. The molecule has 0 aliphatic rings. The van der Waals surface area contributed by atoms with Crippen LogP contribution < -0.4 is 0 Å². The molecule has 1 unspecified atom stereocenters. The third kappa shape index (κ3) is 2.31. The fourth-order valence-electron chi connectivity index (χ4n) is 1.69. The molecule has 84 valence electrons. The molecule has 3 heteroatoms. The number of aliphatic hydroxyl groups excluding tert-OH is 1. The summed E-state index contributed by atoms with van der Waals surface area (Å²) in [4.78, 5) is 4.32. The van der Waals surface area contributed by atoms with Crippen LogP contribution >= 0.6 is 0 Å². The van der Waals surface area contributed by atoms with E-state index in [1.165, 1.54) is 0 Å². The molecule has 1 N–H and O–H groups in total. The maximum atomic E-state index is 10.0. The average molecular weight is 216 g/mol. The molecule has 0 amide bonds. The van der Waals surface area contributed by atoms with Crippen molar-refractivity contribution in [1.82, 2.24) is 9.55 Å². The maximum Gasteiger partial charge on any atom is 0.105 e. The van der Waals surface area contributed by atoms with Gasteiger partial charge < -0.3 is 9.67 Å². The number of hydrogen-bond acceptors (Lipinski definition) is 2. The third-order valence-electron chi connectivity index (χ3n) is 2.74. The van der Waals surface area contributed by atoms with Crippen LogP contribution in [0.15, 0.2) is 36.5 Å². The molecule has 2 aromatic rings. The summed E-state index contributed by atoms with van der Waals surface area (Å²) in [6.07, 6.45) is 1.96. The van der Waals surface area contributed by atoms with Crippen molar-refractivity contribution in [2.24, 2.45) is 7.05 Å². The lowest BCUT2D eigenvalue weighted by molar-refractivity contribution is 0.174. The highest BCUT2D eigenvalue weighted by Gasteiger charge is 2.12. The molecule has 1 heterocycles. The molecular weight excluding hydrogens is 200 g/mol. The monoisotopic (exact) mass is 216 g/mol. The second kappa shape index (κ2) is 4.49. The molecule has 1 aromatic carbocycles. The van der Waals surface area contributed by atoms with E-state index in [0.717, 1.165) is 17.1 Å². The number of hydrogen-bond donors (Lipinski definition) is 1. The topological polar surface area (TPSA) is 38.1 Å². The highest BCUT2D eigenvalue weighted by Crippen LogP contribution is 2.17. The number of aromatic nitrogens is 2. The van der Waals surface area contributed by atoms with Crippen molar-refractivity contribution in [1.29, 1.82) is 0 Å². The highest BCUT2D eigenvalue weighted by molar-refractivity contribution is 5.18. The first-order chi connectivity index (χ1) is 7.66. The van der Waals surface area contributed by atoms with E-state index in [-0.39, 0.29) is 0 Å². The first-order valence-corrected chi connectivity index (χ1v) is 5.38. The molecule has 3 nitrogen and oxygen atoms in total. The summed E-state index contributed by atoms with van der Waals surface area (Å²) >= 11 is 0. The first kappa shape index (κ1) is 10.9. The van der Waals surface area contributed by atoms with Crippen LogP contribution in [0.1, 0.15) is 23.2 Å². The van der Waals surface area contributed by atoms with Gasteiger partial charge in [-0.2, -0.15) is 0 Å². The van der Waals surface area contributed by atoms with Crippen LogP contribution in [0, 0.1) is 6.92 Å². The molecule has 0 fully saturated rings. The molecule has 0 bridgehead atoms. The van der Waals surface area contributed by atoms with Crippen LogP contribution in [-0.4, -0.2) is 14.7 Å². The Morgan fingerprint density at radius 2 is 2.00 bits per heavy atom. The van der Waals surface area contributed by atoms with Crippen molar-refractivity contribution in [3.63, 3.8) is 0 Å². The molecule has 1 atom stereocenters. The van der Waals surface area contributed by atoms with E-state index in [9.17, 15) is 5.11 Å². The molecule has 0 radical (unpaired) electrons. The van der Waals surface area contributed by atoms with Crippen LogP contribution in [0.5, 0.6) is 0 Å². The lowest BCUT2D eigenvalue weighted by Crippen LogP contribution is -2.02. The fourth-order valence-corrected chi connectivity index (χ4v) is 1.69. The molecule has 16 heavy (non-hydrogen) atoms. The Morgan fingerprint density at radius 3 is 2.56 bits per heavy atom. The van der Waals surface area contributed by atoms with Crippen LogP contribution in [0.25, 0.3) is 0 Å². The van der Waals surface area contributed by atoms with E-state index in [1.54, 1.807) is 0 Å². The zero-order valence-electron chi connectivity index (χ0n) is 9.59. The van der Waals surface area contributed by atoms with Crippen LogP contribution in [0.2, 0.25) is 0 Å². The lowest BCUT2D eigenvalue weighted by atomic mass is 10.1. The summed E-state index contributed by atoms with van der Waals surface area (Å²) in [6, 6.07) is 9.95. The van der Waals surface area contributed by atoms with Gasteiger partial charge in [0.1, 0.15) is 11.9 Å². The van der Waals surface area contributed by atoms with Crippen molar-refractivity contribution >= 4 is 0 Å². The van der Waals surface area contributed by atoms with Gasteiger partial charge in [0, 0.05) is 19.7 Å². The molecule has 1 aromatic heterocycles. The van der Waals surface area contributed by atoms with Gasteiger partial charge >= 0.3 is 0 Å². The maximum absolute atomic E-state index is 10.0. The van der Waals surface area contributed by atoms with E-state index >= 15 is 0 Å². The van der Waals surface area contributed by atoms with Crippen molar-refractivity contribution < 1.29 is 5.11 Å². The van der Waals surface area contributed by atoms with Crippen LogP contribution in [0.4, 0.5) is 0 Å². The van der Waals surface area contributed by atoms with Gasteiger partial charge in [0.2, 0.25) is 0 Å². The minimum atomic E-state index is -0.526. The summed E-state index contributed by atoms with van der Waals surface area (Å²) in [6.45, 7) is 1.93. The minimum absolute atomic E-state index is 0.526. The number of aliphatic hydroxyl groups is 1. The van der Waals surface area contributed by atoms with Gasteiger partial charge in [-0.05, 0) is 12.5 Å². The fraction of sp³-hybridized carbons (Fsp3) is 0.308. The zero-order chi connectivity index (χ0) is 11.5. The third-order valence-corrected chi connectivity index (χ3v) is 2.74. The largest absolute Gasteiger partial charge is 0.386 e. The number of rotatable bonds is 3. The molecule has 2 rings (SSSR count). The summed E-state index contributed by atoms with van der Waals surface area (Å²) in [5, 5.41) is 10.0. The number of nitrogens with zero attached hydrogens (tertiary/aromatic N) is 2. The van der Waals surface area contributed by atoms with Gasteiger partial charge in [-0.25, -0.2) is 4.98 Å². The van der Waals surface area contributed by atoms with Crippen molar-refractivity contribution in [3.8, 4) is 0 Å². The van der Waals surface area contributed by atoms with Crippen molar-refractivity contribution in [2.45, 2.75) is 19.4 Å². The van der Waals surface area contributed by atoms with E-state index in [0.29, 0.717) is 6.42 Å². The average Bonchev–Trinajstić information content (AvgIpc) is 2.61. The molecule has 0 aliphatic carbocycles. The molecule has 0 spiro atoms. The van der Waals surface area contributed by atoms with E-state index < -0.39 is 6.10 Å². The van der Waals surface area contributed by atoms with Gasteiger partial charge in [-0.15, -0.1) is 0 Å². The number of aryl methyl sites for hydroxylation is 2. The Bertz CT molecular complexity index is 443. The second-order valence-electron chi connectivity index (χ2n) is 4.03. The van der Waals surface area contributed by atoms with Crippen molar-refractivity contribution in [3.05, 3.63) is 53.6 Å². The van der Waals surface area contributed by atoms with Gasteiger partial charge in [-0.1, -0.05) is 30.3 Å². The van der Waals surface area contributed by atoms with E-state index in [1.807, 2.05) is 55.1 Å². The Kier molecular flexibility index (Phi) is 3.06. The van der Waals surface area contributed by atoms with Crippen molar-refractivity contribution in [2.75, 3.05) is 0 Å². The zero-order valence-corrected chi connectivity index (χ0v) is 9.59. The van der Waals surface area contributed by atoms with Gasteiger partial charge in [0.15, 0.2) is 0 Å². The van der Waals surface area contributed by atoms with Gasteiger partial charge in [-0.3, -0.25) is 0 Å². The highest BCUT2D eigenvalue weighted by atomic mass is 16.3. The quantitative estimate of drug-likeness (QED) is 0.852. The Balaban J connectivity index is 2.11. The summed E-state index contributed by atoms with van der Waals surface area (Å²) in [7, 11) is 1.93. The SMILES string of the molecule is Cc1nc(C(O)Cc2ccccc2)cn1C. The standard InChI is InChI=1S/C13H16N2O/c1-10-14-12(9-15(10)2)13(16)8-11-6-4-3-5-7-11/h3-7,9,13,16H,8H2,1-2H3. The predicted octanol–water partition coefficient (Wildman–Crippen LogP) is 2.00. The van der Waals surface area contributed by atoms with E-state index in [2.05, 4.69) is 4.98 Å². The summed E-state index contributed by atoms with van der Waals surface area (Å²) in [5.74, 6) is 0.919. The van der Waals surface area contributed by atoms with Gasteiger partial charge in [0.25, 0.3) is 0 Å². The number of imidazole rings is 1. The lowest BCUT2D eigenvalue weighted by Gasteiger charge is -2.07. The number of benzene rings is 1. The van der Waals surface area contributed by atoms with Crippen LogP contribution in [-0.2, 0) is 13.5 Å². The minimum Gasteiger partial charge on any atom is -0.386 e. The van der Waals surface area contributed by atoms with Gasteiger partial charge in [0.05, 0.1) is 5.69 Å². The first-order valence-electron chi connectivity index (χ1n) is 5.38. The molecular formula is C13H16N2O. The molecule has 0 aliphatic heterocycles. The Labute approximate surface area is 95.4 Å². The Morgan fingerprint density at radius 1 is 1.31 bits per heavy atom. The molecule has 0 saturated carbocycles. The molecule has 0 saturated heterocycles. The predicted molar refractivity (Wildman–Crippen MR) is 63.1 cm³/mol. The Hall–Kier alpha value is -1.61. The summed E-state index contributed by atoms with van der Waals surface area (Å²) < 4.78 is 1.92.